The van der Waals surface area contributed by atoms with Crippen molar-refractivity contribution in [3.63, 3.8) is 0 Å². The summed E-state index contributed by atoms with van der Waals surface area (Å²) in [7, 11) is -2.83. The predicted molar refractivity (Wildman–Crippen MR) is 78.1 cm³/mol. The topological polar surface area (TPSA) is 68.3 Å². The summed E-state index contributed by atoms with van der Waals surface area (Å²) in [6.07, 6.45) is -3.58. The number of alkyl halides is 3. The van der Waals surface area contributed by atoms with Crippen molar-refractivity contribution in [2.75, 3.05) is 11.8 Å². The molecule has 0 aliphatic rings. The van der Waals surface area contributed by atoms with Crippen LogP contribution in [0.15, 0.2) is 41.4 Å². The van der Waals surface area contributed by atoms with Crippen molar-refractivity contribution in [1.82, 2.24) is 4.98 Å². The largest absolute Gasteiger partial charge is 0.481 e. The smallest absolute Gasteiger partial charge is 0.417 e. The molecule has 0 amide bonds. The average molecular weight is 367 g/mol. The minimum atomic E-state index is -4.76. The maximum absolute atomic E-state index is 12.8. The fourth-order valence-corrected chi connectivity index (χ4v) is 2.96. The Morgan fingerprint density at radius 1 is 1.22 bits per heavy atom. The van der Waals surface area contributed by atoms with E-state index in [4.69, 9.17) is 16.3 Å². The normalized spacial score (nSPS) is 12.0. The number of pyridine rings is 1. The van der Waals surface area contributed by atoms with Crippen LogP contribution >= 0.6 is 11.6 Å². The van der Waals surface area contributed by atoms with Gasteiger partial charge < -0.3 is 4.74 Å². The molecule has 2 rings (SSSR count). The van der Waals surface area contributed by atoms with E-state index in [1.807, 2.05) is 0 Å². The summed E-state index contributed by atoms with van der Waals surface area (Å²) in [6.45, 7) is 0. The highest BCUT2D eigenvalue weighted by atomic mass is 35.5. The third-order valence-corrected chi connectivity index (χ3v) is 4.46. The van der Waals surface area contributed by atoms with E-state index in [0.717, 1.165) is 12.1 Å². The van der Waals surface area contributed by atoms with E-state index in [1.165, 1.54) is 25.4 Å². The summed E-state index contributed by atoms with van der Waals surface area (Å²) in [5.74, 6) is 0.263. The zero-order valence-corrected chi connectivity index (χ0v) is 13.1. The van der Waals surface area contributed by atoms with Crippen molar-refractivity contribution in [3.05, 3.63) is 47.1 Å². The van der Waals surface area contributed by atoms with Crippen LogP contribution in [0.3, 0.4) is 0 Å². The van der Waals surface area contributed by atoms with Crippen molar-refractivity contribution >= 4 is 27.3 Å². The highest BCUT2D eigenvalue weighted by molar-refractivity contribution is 7.92. The molecule has 2 aromatic rings. The number of rotatable bonds is 4. The summed E-state index contributed by atoms with van der Waals surface area (Å²) in [6, 6.07) is 5.11. The van der Waals surface area contributed by atoms with Crippen molar-refractivity contribution in [3.8, 4) is 5.88 Å². The molecular weight excluding hydrogens is 357 g/mol. The summed E-state index contributed by atoms with van der Waals surface area (Å²) in [4.78, 5) is 3.23. The van der Waals surface area contributed by atoms with Crippen molar-refractivity contribution < 1.29 is 26.3 Å². The number of methoxy groups -OCH3 is 1. The minimum Gasteiger partial charge on any atom is -0.481 e. The first kappa shape index (κ1) is 17.4. The van der Waals surface area contributed by atoms with Crippen LogP contribution in [0.1, 0.15) is 5.56 Å². The predicted octanol–water partition coefficient (Wildman–Crippen LogP) is 3.56. The van der Waals surface area contributed by atoms with Gasteiger partial charge in [0.05, 0.1) is 34.5 Å². The van der Waals surface area contributed by atoms with Crippen molar-refractivity contribution in [1.29, 1.82) is 0 Å². The lowest BCUT2D eigenvalue weighted by molar-refractivity contribution is -0.137. The molecule has 124 valence electrons. The third-order valence-electron chi connectivity index (χ3n) is 2.75. The van der Waals surface area contributed by atoms with Gasteiger partial charge in [-0.25, -0.2) is 13.4 Å². The van der Waals surface area contributed by atoms with E-state index < -0.39 is 31.7 Å². The molecule has 10 heteroatoms. The highest BCUT2D eigenvalue weighted by Gasteiger charge is 2.34. The molecule has 5 nitrogen and oxygen atoms in total. The first-order valence-corrected chi connectivity index (χ1v) is 7.89. The van der Waals surface area contributed by atoms with Crippen LogP contribution < -0.4 is 9.46 Å². The third kappa shape index (κ3) is 4.05. The van der Waals surface area contributed by atoms with E-state index in [1.54, 1.807) is 0 Å². The highest BCUT2D eigenvalue weighted by Crippen LogP contribution is 2.36. The SMILES string of the molecule is COc1ccc(NS(=O)(=O)c2ccc(Cl)c(C(F)(F)F)c2)cn1. The van der Waals surface area contributed by atoms with Gasteiger partial charge in [-0.2, -0.15) is 13.2 Å². The second-order valence-electron chi connectivity index (χ2n) is 4.33. The van der Waals surface area contributed by atoms with Gasteiger partial charge in [-0.3, -0.25) is 4.72 Å². The molecule has 0 spiro atoms. The van der Waals surface area contributed by atoms with Gasteiger partial charge in [0.15, 0.2) is 0 Å². The van der Waals surface area contributed by atoms with Gasteiger partial charge in [0.1, 0.15) is 0 Å². The Hall–Kier alpha value is -2.00. The van der Waals surface area contributed by atoms with E-state index in [-0.39, 0.29) is 11.6 Å². The van der Waals surface area contributed by atoms with Crippen LogP contribution in [0.4, 0.5) is 18.9 Å². The number of nitrogens with one attached hydrogen (secondary N) is 1. The van der Waals surface area contributed by atoms with Gasteiger partial charge >= 0.3 is 6.18 Å². The van der Waals surface area contributed by atoms with Crippen molar-refractivity contribution in [2.24, 2.45) is 0 Å². The molecule has 0 saturated heterocycles. The van der Waals surface area contributed by atoms with E-state index >= 15 is 0 Å². The van der Waals surface area contributed by atoms with E-state index in [0.29, 0.717) is 6.07 Å². The van der Waals surface area contributed by atoms with Gasteiger partial charge in [-0.15, -0.1) is 0 Å². The Morgan fingerprint density at radius 3 is 2.43 bits per heavy atom. The van der Waals surface area contributed by atoms with E-state index in [9.17, 15) is 21.6 Å². The Kier molecular flexibility index (Phi) is 4.71. The van der Waals surface area contributed by atoms with Gasteiger partial charge in [-0.05, 0) is 24.3 Å². The standard InChI is InChI=1S/C13H10ClF3N2O3S/c1-22-12-5-2-8(7-18-12)19-23(20,21)9-3-4-11(14)10(6-9)13(15,16)17/h2-7,19H,1H3. The zero-order valence-electron chi connectivity index (χ0n) is 11.6. The molecular formula is C13H10ClF3N2O3S. The second-order valence-corrected chi connectivity index (χ2v) is 6.42. The van der Waals surface area contributed by atoms with Gasteiger partial charge in [0.2, 0.25) is 5.88 Å². The summed E-state index contributed by atoms with van der Waals surface area (Å²) in [5, 5.41) is -0.581. The lowest BCUT2D eigenvalue weighted by Crippen LogP contribution is -2.15. The first-order valence-electron chi connectivity index (χ1n) is 6.03. The lowest BCUT2D eigenvalue weighted by Gasteiger charge is -2.12. The zero-order chi connectivity index (χ0) is 17.3. The quantitative estimate of drug-likeness (QED) is 0.898. The number of benzene rings is 1. The monoisotopic (exact) mass is 366 g/mol. The fraction of sp³-hybridized carbons (Fsp3) is 0.154. The summed E-state index contributed by atoms with van der Waals surface area (Å²) >= 11 is 5.47. The molecule has 1 heterocycles. The second kappa shape index (κ2) is 6.25. The van der Waals surface area contributed by atoms with Crippen LogP contribution in [0.2, 0.25) is 5.02 Å². The Labute approximate surface area is 135 Å². The van der Waals surface area contributed by atoms with Crippen LogP contribution in [0.25, 0.3) is 0 Å². The number of sulfonamides is 1. The van der Waals surface area contributed by atoms with E-state index in [2.05, 4.69) is 9.71 Å². The Morgan fingerprint density at radius 2 is 1.91 bits per heavy atom. The number of nitrogens with zero attached hydrogens (tertiary/aromatic N) is 1. The minimum absolute atomic E-state index is 0.0781. The van der Waals surface area contributed by atoms with Crippen molar-refractivity contribution in [2.45, 2.75) is 11.1 Å². The molecule has 0 radical (unpaired) electrons. The molecule has 0 fully saturated rings. The number of ether oxygens (including phenoxy) is 1. The summed E-state index contributed by atoms with van der Waals surface area (Å²) < 4.78 is 69.7. The number of anilines is 1. The van der Waals surface area contributed by atoms with Crippen LogP contribution in [-0.2, 0) is 16.2 Å². The van der Waals surface area contributed by atoms with Crippen LogP contribution in [-0.4, -0.2) is 20.5 Å². The maximum atomic E-state index is 12.8. The maximum Gasteiger partial charge on any atom is 0.417 e. The van der Waals surface area contributed by atoms with Gasteiger partial charge in [-0.1, -0.05) is 11.6 Å². The molecule has 0 bridgehead atoms. The molecule has 0 aliphatic heterocycles. The lowest BCUT2D eigenvalue weighted by atomic mass is 10.2. The number of halogens is 4. The average Bonchev–Trinajstić information content (AvgIpc) is 2.46. The molecule has 1 aromatic heterocycles. The number of aromatic nitrogens is 1. The molecule has 1 N–H and O–H groups in total. The number of hydrogen-bond acceptors (Lipinski definition) is 4. The molecule has 0 atom stereocenters. The van der Waals surface area contributed by atoms with Gasteiger partial charge in [0.25, 0.3) is 10.0 Å². The first-order chi connectivity index (χ1) is 10.6. The Balaban J connectivity index is 2.35. The molecule has 0 unspecified atom stereocenters. The molecule has 0 saturated carbocycles. The van der Waals surface area contributed by atoms with Gasteiger partial charge in [0, 0.05) is 6.07 Å². The number of hydrogen-bond donors (Lipinski definition) is 1. The molecule has 23 heavy (non-hydrogen) atoms. The molecule has 1 aromatic carbocycles. The molecule has 0 aliphatic carbocycles. The summed E-state index contributed by atoms with van der Waals surface area (Å²) in [5.41, 5.74) is -1.15. The van der Waals surface area contributed by atoms with Crippen LogP contribution in [0, 0.1) is 0 Å². The van der Waals surface area contributed by atoms with Crippen LogP contribution in [0.5, 0.6) is 5.88 Å². The Bertz CT molecular complexity index is 808. The fourth-order valence-electron chi connectivity index (χ4n) is 1.66.